The van der Waals surface area contributed by atoms with Crippen molar-refractivity contribution in [2.24, 2.45) is 5.92 Å². The van der Waals surface area contributed by atoms with Gasteiger partial charge in [0.15, 0.2) is 6.61 Å². The SMILES string of the molecule is O=C(Nc1ccc2cc(Cl)ccc2n1)[C@H]1CC[C@H](c2nnc(COc3ccc(Cl)cc3)o2)CC1. The third-order valence-electron chi connectivity index (χ3n) is 6.01. The van der Waals surface area contributed by atoms with Gasteiger partial charge < -0.3 is 14.5 Å². The number of hydrogen-bond acceptors (Lipinski definition) is 6. The van der Waals surface area contributed by atoms with Gasteiger partial charge in [-0.2, -0.15) is 0 Å². The van der Waals surface area contributed by atoms with Gasteiger partial charge in [0, 0.05) is 27.3 Å². The van der Waals surface area contributed by atoms with Crippen molar-refractivity contribution < 1.29 is 13.9 Å². The molecule has 34 heavy (non-hydrogen) atoms. The molecule has 0 atom stereocenters. The third kappa shape index (κ3) is 5.32. The van der Waals surface area contributed by atoms with E-state index in [0.717, 1.165) is 36.6 Å². The number of anilines is 1. The lowest BCUT2D eigenvalue weighted by atomic mass is 9.81. The molecule has 0 spiro atoms. The predicted octanol–water partition coefficient (Wildman–Crippen LogP) is 6.42. The maximum absolute atomic E-state index is 12.8. The Morgan fingerprint density at radius 3 is 2.53 bits per heavy atom. The van der Waals surface area contributed by atoms with Crippen molar-refractivity contribution in [3.8, 4) is 5.75 Å². The number of carbonyl (C=O) groups is 1. The second kappa shape index (κ2) is 9.99. The van der Waals surface area contributed by atoms with Crippen LogP contribution in [0.1, 0.15) is 43.4 Å². The van der Waals surface area contributed by atoms with Crippen molar-refractivity contribution >= 4 is 45.8 Å². The van der Waals surface area contributed by atoms with E-state index in [1.54, 1.807) is 36.4 Å². The summed E-state index contributed by atoms with van der Waals surface area (Å²) < 4.78 is 11.5. The number of pyridine rings is 1. The van der Waals surface area contributed by atoms with Crippen LogP contribution in [0.5, 0.6) is 5.75 Å². The second-order valence-electron chi connectivity index (χ2n) is 8.35. The van der Waals surface area contributed by atoms with E-state index in [9.17, 15) is 4.79 Å². The van der Waals surface area contributed by atoms with Crippen molar-refractivity contribution in [1.29, 1.82) is 0 Å². The van der Waals surface area contributed by atoms with Gasteiger partial charge in [-0.05, 0) is 80.3 Å². The van der Waals surface area contributed by atoms with Crippen LogP contribution in [0.2, 0.25) is 10.0 Å². The number of benzene rings is 2. The van der Waals surface area contributed by atoms with Crippen LogP contribution < -0.4 is 10.1 Å². The van der Waals surface area contributed by atoms with Crippen LogP contribution in [0.3, 0.4) is 0 Å². The van der Waals surface area contributed by atoms with Gasteiger partial charge in [0.2, 0.25) is 11.8 Å². The highest BCUT2D eigenvalue weighted by atomic mass is 35.5. The van der Waals surface area contributed by atoms with Gasteiger partial charge in [0.1, 0.15) is 11.6 Å². The molecule has 174 valence electrons. The fraction of sp³-hybridized carbons (Fsp3) is 0.280. The first-order valence-corrected chi connectivity index (χ1v) is 11.9. The van der Waals surface area contributed by atoms with Crippen LogP contribution >= 0.6 is 23.2 Å². The molecule has 7 nitrogen and oxygen atoms in total. The minimum Gasteiger partial charge on any atom is -0.484 e. The molecule has 1 amide bonds. The van der Waals surface area contributed by atoms with Crippen molar-refractivity contribution in [3.63, 3.8) is 0 Å². The van der Waals surface area contributed by atoms with Crippen molar-refractivity contribution in [3.05, 3.63) is 76.4 Å². The highest BCUT2D eigenvalue weighted by Gasteiger charge is 2.30. The normalized spacial score (nSPS) is 18.1. The number of nitrogens with zero attached hydrogens (tertiary/aromatic N) is 3. The summed E-state index contributed by atoms with van der Waals surface area (Å²) >= 11 is 11.9. The molecule has 1 saturated carbocycles. The van der Waals surface area contributed by atoms with E-state index in [1.165, 1.54) is 0 Å². The number of ether oxygens (including phenoxy) is 1. The van der Waals surface area contributed by atoms with Gasteiger partial charge in [0.25, 0.3) is 5.89 Å². The van der Waals surface area contributed by atoms with Crippen LogP contribution in [-0.4, -0.2) is 21.1 Å². The summed E-state index contributed by atoms with van der Waals surface area (Å²) in [5.74, 6) is 2.31. The van der Waals surface area contributed by atoms with E-state index < -0.39 is 0 Å². The van der Waals surface area contributed by atoms with Crippen LogP contribution in [0.15, 0.2) is 59.0 Å². The highest BCUT2D eigenvalue weighted by Crippen LogP contribution is 2.36. The molecule has 9 heteroatoms. The van der Waals surface area contributed by atoms with Crippen LogP contribution in [0.25, 0.3) is 10.9 Å². The molecule has 2 heterocycles. The minimum absolute atomic E-state index is 0.0122. The van der Waals surface area contributed by atoms with E-state index in [-0.39, 0.29) is 24.3 Å². The quantitative estimate of drug-likeness (QED) is 0.331. The minimum atomic E-state index is -0.0744. The number of aromatic nitrogens is 3. The van der Waals surface area contributed by atoms with Gasteiger partial charge in [-0.3, -0.25) is 4.79 Å². The van der Waals surface area contributed by atoms with E-state index >= 15 is 0 Å². The standard InChI is InChI=1S/C25H22Cl2N4O3/c26-18-6-9-20(10-7-18)33-14-23-30-31-25(34-23)16-3-1-15(2-4-16)24(32)29-22-12-5-17-13-19(27)8-11-21(17)28-22/h5-13,15-16H,1-4,14H2,(H,28,29,32)/t15-,16-. The van der Waals surface area contributed by atoms with E-state index in [4.69, 9.17) is 32.4 Å². The number of hydrogen-bond donors (Lipinski definition) is 1. The lowest BCUT2D eigenvalue weighted by molar-refractivity contribution is -0.120. The Morgan fingerprint density at radius 2 is 1.74 bits per heavy atom. The molecule has 1 aliphatic carbocycles. The average molecular weight is 497 g/mol. The Morgan fingerprint density at radius 1 is 0.971 bits per heavy atom. The van der Waals surface area contributed by atoms with Crippen LogP contribution in [-0.2, 0) is 11.4 Å². The fourth-order valence-corrected chi connectivity index (χ4v) is 4.47. The molecule has 2 aromatic heterocycles. The summed E-state index contributed by atoms with van der Waals surface area (Å²) in [5, 5.41) is 13.5. The predicted molar refractivity (Wildman–Crippen MR) is 130 cm³/mol. The Bertz CT molecular complexity index is 1300. The van der Waals surface area contributed by atoms with Gasteiger partial charge in [-0.15, -0.1) is 10.2 Å². The summed E-state index contributed by atoms with van der Waals surface area (Å²) in [5.41, 5.74) is 0.790. The summed E-state index contributed by atoms with van der Waals surface area (Å²) in [6, 6.07) is 16.3. The first-order chi connectivity index (χ1) is 16.5. The van der Waals surface area contributed by atoms with Crippen molar-refractivity contribution in [2.75, 3.05) is 5.32 Å². The van der Waals surface area contributed by atoms with Gasteiger partial charge in [-0.25, -0.2) is 4.98 Å². The number of fused-ring (bicyclic) bond motifs is 1. The molecule has 0 unspecified atom stereocenters. The van der Waals surface area contributed by atoms with Crippen LogP contribution in [0.4, 0.5) is 5.82 Å². The number of halogens is 2. The third-order valence-corrected chi connectivity index (χ3v) is 6.50. The molecule has 5 rings (SSSR count). The Kier molecular flexibility index (Phi) is 6.65. The lowest BCUT2D eigenvalue weighted by Crippen LogP contribution is -2.27. The monoisotopic (exact) mass is 496 g/mol. The molecule has 1 aliphatic rings. The number of amides is 1. The van der Waals surface area contributed by atoms with Gasteiger partial charge in [-0.1, -0.05) is 23.2 Å². The second-order valence-corrected chi connectivity index (χ2v) is 9.22. The molecule has 0 bridgehead atoms. The molecule has 1 fully saturated rings. The fourth-order valence-electron chi connectivity index (χ4n) is 4.16. The molecular formula is C25H22Cl2N4O3. The zero-order chi connectivity index (χ0) is 23.5. The summed E-state index contributed by atoms with van der Waals surface area (Å²) in [6.45, 7) is 0.192. The molecule has 4 aromatic rings. The first-order valence-electron chi connectivity index (χ1n) is 11.1. The van der Waals surface area contributed by atoms with Gasteiger partial charge >= 0.3 is 0 Å². The first kappa shape index (κ1) is 22.6. The molecule has 0 aliphatic heterocycles. The maximum atomic E-state index is 12.8. The topological polar surface area (TPSA) is 90.1 Å². The van der Waals surface area contributed by atoms with E-state index in [2.05, 4.69) is 20.5 Å². The summed E-state index contributed by atoms with van der Waals surface area (Å²) in [6.07, 6.45) is 3.11. The Balaban J connectivity index is 1.13. The summed E-state index contributed by atoms with van der Waals surface area (Å²) in [7, 11) is 0. The van der Waals surface area contributed by atoms with Crippen molar-refractivity contribution in [1.82, 2.24) is 15.2 Å². The zero-order valence-corrected chi connectivity index (χ0v) is 19.7. The largest absolute Gasteiger partial charge is 0.484 e. The van der Waals surface area contributed by atoms with E-state index in [0.29, 0.717) is 33.4 Å². The Labute approximate surface area is 206 Å². The van der Waals surface area contributed by atoms with E-state index in [1.807, 2.05) is 18.2 Å². The molecule has 2 aromatic carbocycles. The molecular weight excluding hydrogens is 475 g/mol. The maximum Gasteiger partial charge on any atom is 0.253 e. The number of nitrogens with one attached hydrogen (secondary N) is 1. The highest BCUT2D eigenvalue weighted by molar-refractivity contribution is 6.31. The van der Waals surface area contributed by atoms with Gasteiger partial charge in [0.05, 0.1) is 5.52 Å². The Hall–Kier alpha value is -3.16. The molecule has 0 radical (unpaired) electrons. The number of rotatable bonds is 6. The van der Waals surface area contributed by atoms with Crippen molar-refractivity contribution in [2.45, 2.75) is 38.2 Å². The zero-order valence-electron chi connectivity index (χ0n) is 18.2. The average Bonchev–Trinajstić information content (AvgIpc) is 3.33. The summed E-state index contributed by atoms with van der Waals surface area (Å²) in [4.78, 5) is 17.3. The molecule has 0 saturated heterocycles. The van der Waals surface area contributed by atoms with Crippen LogP contribution in [0, 0.1) is 5.92 Å². The molecule has 1 N–H and O–H groups in total. The number of carbonyl (C=O) groups excluding carboxylic acids is 1. The smallest absolute Gasteiger partial charge is 0.253 e. The lowest BCUT2D eigenvalue weighted by Gasteiger charge is -2.25.